The Morgan fingerprint density at radius 2 is 2.30 bits per heavy atom. The maximum absolute atomic E-state index is 12.0. The number of nitrogens with zero attached hydrogens (tertiary/aromatic N) is 3. The number of H-pyrrole nitrogens is 1. The zero-order chi connectivity index (χ0) is 14.7. The van der Waals surface area contributed by atoms with E-state index >= 15 is 0 Å². The number of hydrogen-bond acceptors (Lipinski definition) is 5. The highest BCUT2D eigenvalue weighted by Crippen LogP contribution is 2.19. The molecule has 2 N–H and O–H groups in total. The molecule has 0 unspecified atom stereocenters. The van der Waals surface area contributed by atoms with E-state index in [1.807, 2.05) is 6.07 Å². The van der Waals surface area contributed by atoms with Gasteiger partial charge in [-0.05, 0) is 19.1 Å². The molecule has 0 saturated heterocycles. The number of carbonyl (C=O) groups excluding carboxylic acids is 1. The average molecular weight is 271 g/mol. The first-order valence-corrected chi connectivity index (χ1v) is 5.53. The quantitative estimate of drug-likeness (QED) is 0.649. The molecule has 0 aliphatic rings. The Morgan fingerprint density at radius 3 is 2.90 bits per heavy atom. The van der Waals surface area contributed by atoms with E-state index in [4.69, 9.17) is 5.26 Å². The summed E-state index contributed by atoms with van der Waals surface area (Å²) in [6, 6.07) is 5.90. The van der Waals surface area contributed by atoms with Crippen molar-refractivity contribution in [2.24, 2.45) is 0 Å². The number of nitriles is 1. The maximum atomic E-state index is 12.0. The summed E-state index contributed by atoms with van der Waals surface area (Å²) in [4.78, 5) is 22.2. The topological polar surface area (TPSA) is 125 Å². The van der Waals surface area contributed by atoms with Crippen LogP contribution in [0.2, 0.25) is 0 Å². The van der Waals surface area contributed by atoms with Gasteiger partial charge in [-0.25, -0.2) is 0 Å². The molecule has 100 valence electrons. The number of nitro groups is 1. The second kappa shape index (κ2) is 5.19. The number of hydrogen-bond donors (Lipinski definition) is 2. The first-order valence-electron chi connectivity index (χ1n) is 5.53. The van der Waals surface area contributed by atoms with Crippen LogP contribution < -0.4 is 5.32 Å². The Labute approximate surface area is 113 Å². The first kappa shape index (κ1) is 13.2. The van der Waals surface area contributed by atoms with Crippen LogP contribution in [0.5, 0.6) is 0 Å². The molecule has 1 aromatic heterocycles. The molecule has 1 heterocycles. The lowest BCUT2D eigenvalue weighted by Gasteiger charge is -2.04. The van der Waals surface area contributed by atoms with Crippen LogP contribution in [0.1, 0.15) is 21.5 Å². The predicted molar refractivity (Wildman–Crippen MR) is 69.1 cm³/mol. The van der Waals surface area contributed by atoms with Crippen LogP contribution >= 0.6 is 0 Å². The third-order valence-electron chi connectivity index (χ3n) is 2.65. The molecule has 8 nitrogen and oxygen atoms in total. The number of nitro benzene ring substituents is 1. The number of nitrogens with one attached hydrogen (secondary N) is 2. The summed E-state index contributed by atoms with van der Waals surface area (Å²) >= 11 is 0. The molecule has 0 aliphatic heterocycles. The molecule has 8 heteroatoms. The molecule has 0 radical (unpaired) electrons. The van der Waals surface area contributed by atoms with Crippen LogP contribution in [0, 0.1) is 28.4 Å². The van der Waals surface area contributed by atoms with Gasteiger partial charge in [0, 0.05) is 17.2 Å². The molecule has 1 amide bonds. The number of carbonyl (C=O) groups is 1. The molecule has 2 aromatic rings. The Hall–Kier alpha value is -3.21. The molecular formula is C12H9N5O3. The summed E-state index contributed by atoms with van der Waals surface area (Å²) in [7, 11) is 0. The molecule has 2 rings (SSSR count). The lowest BCUT2D eigenvalue weighted by atomic mass is 10.1. The second-order valence-corrected chi connectivity index (χ2v) is 3.98. The number of benzene rings is 1. The molecule has 0 bridgehead atoms. The second-order valence-electron chi connectivity index (χ2n) is 3.98. The number of amides is 1. The van der Waals surface area contributed by atoms with Gasteiger partial charge in [0.05, 0.1) is 11.1 Å². The van der Waals surface area contributed by atoms with Crippen LogP contribution in [0.15, 0.2) is 24.4 Å². The van der Waals surface area contributed by atoms with Gasteiger partial charge in [-0.1, -0.05) is 0 Å². The SMILES string of the molecule is Cc1cc(C(=O)Nc2[nH]ncc2C#N)ccc1[N+](=O)[O-]. The molecule has 0 atom stereocenters. The van der Waals surface area contributed by atoms with Crippen molar-refractivity contribution in [3.63, 3.8) is 0 Å². The number of aromatic nitrogens is 2. The number of aryl methyl sites for hydroxylation is 1. The fourth-order valence-corrected chi connectivity index (χ4v) is 1.65. The van der Waals surface area contributed by atoms with Gasteiger partial charge in [-0.3, -0.25) is 20.0 Å². The standard InChI is InChI=1S/C12H9N5O3/c1-7-4-8(2-3-10(7)17(19)20)12(18)15-11-9(5-13)6-14-16-11/h2-4,6H,1H3,(H2,14,15,16,18). The summed E-state index contributed by atoms with van der Waals surface area (Å²) in [5.74, 6) is -0.294. The van der Waals surface area contributed by atoms with Crippen molar-refractivity contribution in [3.05, 3.63) is 51.2 Å². The van der Waals surface area contributed by atoms with E-state index in [0.29, 0.717) is 5.56 Å². The highest BCUT2D eigenvalue weighted by molar-refractivity contribution is 6.04. The minimum Gasteiger partial charge on any atom is -0.306 e. The number of aromatic amines is 1. The largest absolute Gasteiger partial charge is 0.306 e. The van der Waals surface area contributed by atoms with Crippen molar-refractivity contribution in [1.82, 2.24) is 10.2 Å². The minimum absolute atomic E-state index is 0.0548. The van der Waals surface area contributed by atoms with Crippen LogP contribution in [0.3, 0.4) is 0 Å². The minimum atomic E-state index is -0.514. The third-order valence-corrected chi connectivity index (χ3v) is 2.65. The van der Waals surface area contributed by atoms with Gasteiger partial charge in [0.15, 0.2) is 0 Å². The van der Waals surface area contributed by atoms with Gasteiger partial charge in [-0.2, -0.15) is 10.4 Å². The van der Waals surface area contributed by atoms with Crippen molar-refractivity contribution in [3.8, 4) is 6.07 Å². The molecule has 0 spiro atoms. The van der Waals surface area contributed by atoms with E-state index in [-0.39, 0.29) is 22.6 Å². The molecule has 0 aliphatic carbocycles. The molecule has 20 heavy (non-hydrogen) atoms. The summed E-state index contributed by atoms with van der Waals surface area (Å²) in [6.07, 6.45) is 1.29. The molecule has 0 saturated carbocycles. The molecule has 0 fully saturated rings. The lowest BCUT2D eigenvalue weighted by Crippen LogP contribution is -2.13. The van der Waals surface area contributed by atoms with E-state index < -0.39 is 10.8 Å². The van der Waals surface area contributed by atoms with E-state index in [1.165, 1.54) is 24.4 Å². The van der Waals surface area contributed by atoms with Crippen LogP contribution in [-0.2, 0) is 0 Å². The zero-order valence-corrected chi connectivity index (χ0v) is 10.4. The summed E-state index contributed by atoms with van der Waals surface area (Å²) in [5, 5.41) is 28.1. The van der Waals surface area contributed by atoms with E-state index in [9.17, 15) is 14.9 Å². The van der Waals surface area contributed by atoms with E-state index in [2.05, 4.69) is 15.5 Å². The van der Waals surface area contributed by atoms with Gasteiger partial charge >= 0.3 is 0 Å². The van der Waals surface area contributed by atoms with Gasteiger partial charge in [-0.15, -0.1) is 0 Å². The van der Waals surface area contributed by atoms with Crippen LogP contribution in [0.25, 0.3) is 0 Å². The normalized spacial score (nSPS) is 9.80. The van der Waals surface area contributed by atoms with Gasteiger partial charge in [0.2, 0.25) is 0 Å². The van der Waals surface area contributed by atoms with Gasteiger partial charge < -0.3 is 5.32 Å². The third kappa shape index (κ3) is 2.46. The van der Waals surface area contributed by atoms with E-state index in [1.54, 1.807) is 6.92 Å². The Morgan fingerprint density at radius 1 is 1.55 bits per heavy atom. The zero-order valence-electron chi connectivity index (χ0n) is 10.4. The highest BCUT2D eigenvalue weighted by atomic mass is 16.6. The van der Waals surface area contributed by atoms with E-state index in [0.717, 1.165) is 0 Å². The average Bonchev–Trinajstić information content (AvgIpc) is 2.85. The fraction of sp³-hybridized carbons (Fsp3) is 0.0833. The van der Waals surface area contributed by atoms with Crippen molar-refractivity contribution in [1.29, 1.82) is 5.26 Å². The Bertz CT molecular complexity index is 729. The summed E-state index contributed by atoms with van der Waals surface area (Å²) in [6.45, 7) is 1.55. The number of anilines is 1. The Kier molecular flexibility index (Phi) is 3.43. The number of rotatable bonds is 3. The monoisotopic (exact) mass is 271 g/mol. The van der Waals surface area contributed by atoms with Crippen molar-refractivity contribution < 1.29 is 9.72 Å². The van der Waals surface area contributed by atoms with Crippen molar-refractivity contribution in [2.75, 3.05) is 5.32 Å². The first-order chi connectivity index (χ1) is 9.52. The summed E-state index contributed by atoms with van der Waals surface area (Å²) in [5.41, 5.74) is 0.789. The maximum Gasteiger partial charge on any atom is 0.272 e. The Balaban J connectivity index is 2.24. The lowest BCUT2D eigenvalue weighted by molar-refractivity contribution is -0.385. The van der Waals surface area contributed by atoms with Crippen LogP contribution in [0.4, 0.5) is 11.5 Å². The van der Waals surface area contributed by atoms with Crippen molar-refractivity contribution in [2.45, 2.75) is 6.92 Å². The van der Waals surface area contributed by atoms with Gasteiger partial charge in [0.25, 0.3) is 11.6 Å². The summed E-state index contributed by atoms with van der Waals surface area (Å²) < 4.78 is 0. The predicted octanol–water partition coefficient (Wildman–Crippen LogP) is 1.75. The molecular weight excluding hydrogens is 262 g/mol. The molecule has 1 aromatic carbocycles. The fourth-order valence-electron chi connectivity index (χ4n) is 1.65. The smallest absolute Gasteiger partial charge is 0.272 e. The van der Waals surface area contributed by atoms with Gasteiger partial charge in [0.1, 0.15) is 17.5 Å². The van der Waals surface area contributed by atoms with Crippen molar-refractivity contribution >= 4 is 17.4 Å². The van der Waals surface area contributed by atoms with Crippen LogP contribution in [-0.4, -0.2) is 21.0 Å². The highest BCUT2D eigenvalue weighted by Gasteiger charge is 2.15.